The van der Waals surface area contributed by atoms with Crippen LogP contribution in [-0.4, -0.2) is 70.1 Å². The third-order valence-electron chi connectivity index (χ3n) is 6.81. The van der Waals surface area contributed by atoms with Crippen molar-refractivity contribution < 1.29 is 9.59 Å². The molecule has 4 heterocycles. The number of urea groups is 1. The summed E-state index contributed by atoms with van der Waals surface area (Å²) in [7, 11) is 3.45. The number of benzene rings is 1. The van der Waals surface area contributed by atoms with Crippen LogP contribution in [0.2, 0.25) is 5.02 Å². The van der Waals surface area contributed by atoms with Crippen LogP contribution in [0, 0.1) is 6.92 Å². The number of carbonyl (C=O) groups is 2. The Labute approximate surface area is 225 Å². The number of nitrogens with zero attached hydrogens (tertiary/aromatic N) is 6. The van der Waals surface area contributed by atoms with E-state index in [0.717, 1.165) is 53.4 Å². The minimum absolute atomic E-state index is 0.0675. The van der Waals surface area contributed by atoms with Gasteiger partial charge >= 0.3 is 6.03 Å². The van der Waals surface area contributed by atoms with Crippen LogP contribution in [0.15, 0.2) is 42.6 Å². The van der Waals surface area contributed by atoms with Crippen molar-refractivity contribution in [3.8, 4) is 0 Å². The number of hydrogen-bond acceptors (Lipinski definition) is 7. The zero-order valence-electron chi connectivity index (χ0n) is 21.5. The third-order valence-corrected chi connectivity index (χ3v) is 7.14. The van der Waals surface area contributed by atoms with Crippen molar-refractivity contribution in [3.05, 3.63) is 59.0 Å². The maximum Gasteiger partial charge on any atom is 0.332 e. The largest absolute Gasteiger partial charge is 0.368 e. The van der Waals surface area contributed by atoms with E-state index < -0.39 is 6.03 Å². The number of imide groups is 1. The summed E-state index contributed by atoms with van der Waals surface area (Å²) < 4.78 is 1.84. The number of fused-ring (bicyclic) bond motifs is 1. The molecule has 198 valence electrons. The van der Waals surface area contributed by atoms with E-state index in [9.17, 15) is 9.59 Å². The van der Waals surface area contributed by atoms with Gasteiger partial charge in [0.1, 0.15) is 5.82 Å². The smallest absolute Gasteiger partial charge is 0.332 e. The molecule has 0 bridgehead atoms. The van der Waals surface area contributed by atoms with E-state index in [4.69, 9.17) is 11.6 Å². The summed E-state index contributed by atoms with van der Waals surface area (Å²) in [6.07, 6.45) is 2.37. The first-order valence-corrected chi connectivity index (χ1v) is 12.7. The number of piperazine rings is 1. The molecule has 1 saturated heterocycles. The highest BCUT2D eigenvalue weighted by molar-refractivity contribution is 6.35. The number of anilines is 4. The molecule has 0 radical (unpaired) electrons. The predicted molar refractivity (Wildman–Crippen MR) is 149 cm³/mol. The molecule has 1 fully saturated rings. The van der Waals surface area contributed by atoms with Gasteiger partial charge in [0.05, 0.1) is 24.1 Å². The van der Waals surface area contributed by atoms with E-state index in [0.29, 0.717) is 34.7 Å². The highest BCUT2D eigenvalue weighted by atomic mass is 35.5. The van der Waals surface area contributed by atoms with Gasteiger partial charge in [-0.25, -0.2) is 9.78 Å². The van der Waals surface area contributed by atoms with Crippen LogP contribution < -0.4 is 20.4 Å². The molecule has 0 spiro atoms. The first-order valence-electron chi connectivity index (χ1n) is 12.3. The van der Waals surface area contributed by atoms with Gasteiger partial charge in [-0.1, -0.05) is 17.7 Å². The number of pyridine rings is 1. The molecular formula is C26H30ClN9O2. The van der Waals surface area contributed by atoms with Crippen LogP contribution in [0.25, 0.3) is 10.9 Å². The number of hydrogen-bond donors (Lipinski definition) is 3. The standard InChI is InChI=1S/C26H30ClN9O2/c1-17-24(32-25(33(17)2)31-23-8-7-19(14-29-23)35-11-9-28-10-12-35)34(3)26(38)36(16-37)15-18-13-20-21(27)5-4-6-22(20)30-18/h4-8,13-14,16,28,30H,9-12,15H2,1-3H3,(H,29,31,32). The maximum atomic E-state index is 13.3. The molecule has 3 N–H and O–H groups in total. The van der Waals surface area contributed by atoms with Crippen LogP contribution in [0.3, 0.4) is 0 Å². The first-order chi connectivity index (χ1) is 18.4. The second kappa shape index (κ2) is 10.7. The van der Waals surface area contributed by atoms with Gasteiger partial charge in [-0.15, -0.1) is 0 Å². The van der Waals surface area contributed by atoms with Crippen LogP contribution in [0.4, 0.5) is 28.1 Å². The molecule has 5 rings (SSSR count). The number of aromatic nitrogens is 4. The Balaban J connectivity index is 1.30. The number of imidazole rings is 1. The normalized spacial score (nSPS) is 13.5. The van der Waals surface area contributed by atoms with Crippen molar-refractivity contribution in [2.75, 3.05) is 48.3 Å². The Morgan fingerprint density at radius 1 is 1.24 bits per heavy atom. The fourth-order valence-corrected chi connectivity index (χ4v) is 4.79. The van der Waals surface area contributed by atoms with Crippen molar-refractivity contribution >= 4 is 58.2 Å². The van der Waals surface area contributed by atoms with Crippen molar-refractivity contribution in [2.45, 2.75) is 13.5 Å². The molecule has 0 aliphatic carbocycles. The Bertz CT molecular complexity index is 1460. The zero-order valence-corrected chi connectivity index (χ0v) is 22.3. The summed E-state index contributed by atoms with van der Waals surface area (Å²) in [6.45, 7) is 5.74. The van der Waals surface area contributed by atoms with Crippen molar-refractivity contribution in [3.63, 3.8) is 0 Å². The van der Waals surface area contributed by atoms with Gasteiger partial charge in [-0.05, 0) is 37.3 Å². The van der Waals surface area contributed by atoms with Gasteiger partial charge in [0.2, 0.25) is 12.4 Å². The SMILES string of the molecule is Cc1c(N(C)C(=O)N(C=O)Cc2cc3c(Cl)cccc3[nH]2)nc(Nc2ccc(N3CCNCC3)cn2)n1C. The lowest BCUT2D eigenvalue weighted by Crippen LogP contribution is -2.43. The molecular weight excluding hydrogens is 506 g/mol. The molecule has 1 aliphatic rings. The summed E-state index contributed by atoms with van der Waals surface area (Å²) in [6, 6.07) is 10.8. The van der Waals surface area contributed by atoms with E-state index in [1.807, 2.05) is 55.1 Å². The predicted octanol–water partition coefficient (Wildman–Crippen LogP) is 3.63. The Hall–Kier alpha value is -4.09. The number of nitrogens with one attached hydrogen (secondary N) is 3. The lowest BCUT2D eigenvalue weighted by molar-refractivity contribution is -0.116. The van der Waals surface area contributed by atoms with Gasteiger partial charge < -0.3 is 25.1 Å². The average molecular weight is 536 g/mol. The van der Waals surface area contributed by atoms with Gasteiger partial charge in [0.15, 0.2) is 5.82 Å². The van der Waals surface area contributed by atoms with Gasteiger partial charge in [0, 0.05) is 61.9 Å². The summed E-state index contributed by atoms with van der Waals surface area (Å²) in [4.78, 5) is 42.3. The Morgan fingerprint density at radius 3 is 2.71 bits per heavy atom. The third kappa shape index (κ3) is 5.02. The molecule has 0 unspecified atom stereocenters. The fraction of sp³-hybridized carbons (Fsp3) is 0.308. The molecule has 3 amide bonds. The van der Waals surface area contributed by atoms with Crippen LogP contribution in [0.5, 0.6) is 0 Å². The van der Waals surface area contributed by atoms with Crippen LogP contribution in [-0.2, 0) is 18.4 Å². The highest BCUT2D eigenvalue weighted by Crippen LogP contribution is 2.27. The number of aromatic amines is 1. The maximum absolute atomic E-state index is 13.3. The summed E-state index contributed by atoms with van der Waals surface area (Å²) in [5, 5.41) is 8.01. The van der Waals surface area contributed by atoms with Gasteiger partial charge in [0.25, 0.3) is 0 Å². The lowest BCUT2D eigenvalue weighted by atomic mass is 10.2. The topological polar surface area (TPSA) is 114 Å². The molecule has 4 aromatic rings. The second-order valence-electron chi connectivity index (χ2n) is 9.24. The lowest BCUT2D eigenvalue weighted by Gasteiger charge is -2.29. The molecule has 0 atom stereocenters. The summed E-state index contributed by atoms with van der Waals surface area (Å²) >= 11 is 6.27. The van der Waals surface area contributed by atoms with Gasteiger partial charge in [-0.2, -0.15) is 4.98 Å². The first kappa shape index (κ1) is 25.6. The Morgan fingerprint density at radius 2 is 2.03 bits per heavy atom. The van der Waals surface area contributed by atoms with E-state index in [-0.39, 0.29) is 6.54 Å². The van der Waals surface area contributed by atoms with Gasteiger partial charge in [-0.3, -0.25) is 14.6 Å². The van der Waals surface area contributed by atoms with Crippen molar-refractivity contribution in [1.29, 1.82) is 0 Å². The highest BCUT2D eigenvalue weighted by Gasteiger charge is 2.25. The molecule has 3 aromatic heterocycles. The molecule has 1 aliphatic heterocycles. The minimum Gasteiger partial charge on any atom is -0.368 e. The van der Waals surface area contributed by atoms with E-state index in [2.05, 4.69) is 30.5 Å². The molecule has 0 saturated carbocycles. The number of carbonyl (C=O) groups excluding carboxylic acids is 2. The van der Waals surface area contributed by atoms with Crippen LogP contribution >= 0.6 is 11.6 Å². The number of H-pyrrole nitrogens is 1. The monoisotopic (exact) mass is 535 g/mol. The van der Waals surface area contributed by atoms with E-state index in [1.165, 1.54) is 4.90 Å². The number of rotatable bonds is 7. The summed E-state index contributed by atoms with van der Waals surface area (Å²) in [5.41, 5.74) is 3.36. The molecule has 11 nitrogen and oxygen atoms in total. The Kier molecular flexibility index (Phi) is 7.21. The zero-order chi connectivity index (χ0) is 26.8. The number of amides is 3. The minimum atomic E-state index is -0.504. The molecule has 12 heteroatoms. The molecule has 38 heavy (non-hydrogen) atoms. The average Bonchev–Trinajstić information content (AvgIpc) is 3.48. The van der Waals surface area contributed by atoms with Crippen molar-refractivity contribution in [2.24, 2.45) is 7.05 Å². The van der Waals surface area contributed by atoms with E-state index >= 15 is 0 Å². The second-order valence-corrected chi connectivity index (χ2v) is 9.64. The van der Waals surface area contributed by atoms with Crippen LogP contribution in [0.1, 0.15) is 11.4 Å². The number of halogens is 1. The van der Waals surface area contributed by atoms with E-state index in [1.54, 1.807) is 13.1 Å². The molecule has 1 aromatic carbocycles. The quantitative estimate of drug-likeness (QED) is 0.310. The van der Waals surface area contributed by atoms with Crippen molar-refractivity contribution in [1.82, 2.24) is 29.7 Å². The fourth-order valence-electron chi connectivity index (χ4n) is 4.56. The summed E-state index contributed by atoms with van der Waals surface area (Å²) in [5.74, 6) is 1.61.